The molecule has 2 aromatic heterocycles. The maximum Gasteiger partial charge on any atom is 0.268 e. The van der Waals surface area contributed by atoms with Crippen molar-refractivity contribution in [2.75, 3.05) is 13.2 Å². The van der Waals surface area contributed by atoms with E-state index in [0.29, 0.717) is 42.1 Å². The van der Waals surface area contributed by atoms with Crippen molar-refractivity contribution in [2.45, 2.75) is 52.9 Å². The lowest BCUT2D eigenvalue weighted by molar-refractivity contribution is -0.137. The number of amides is 1. The second kappa shape index (κ2) is 8.84. The molecule has 0 spiro atoms. The van der Waals surface area contributed by atoms with E-state index in [2.05, 4.69) is 29.4 Å². The lowest BCUT2D eigenvalue weighted by Crippen LogP contribution is -2.34. The SMILES string of the molecule is Cc1nnc(-c2cc(CC(C)C)n(-c3cccc(C(=O)NC[C@H]4COC(C)(C)O4)c3)n2)o1. The number of benzene rings is 1. The van der Waals surface area contributed by atoms with Crippen molar-refractivity contribution in [1.82, 2.24) is 25.3 Å². The summed E-state index contributed by atoms with van der Waals surface area (Å²) in [5.74, 6) is 0.495. The van der Waals surface area contributed by atoms with Gasteiger partial charge in [-0.2, -0.15) is 5.10 Å². The quantitative estimate of drug-likeness (QED) is 0.602. The van der Waals surface area contributed by atoms with Gasteiger partial charge >= 0.3 is 0 Å². The smallest absolute Gasteiger partial charge is 0.268 e. The molecule has 1 fully saturated rings. The normalized spacial score (nSPS) is 17.8. The molecule has 1 atom stereocenters. The highest BCUT2D eigenvalue weighted by atomic mass is 16.7. The molecule has 1 aliphatic heterocycles. The minimum atomic E-state index is -0.614. The molecule has 1 aromatic carbocycles. The van der Waals surface area contributed by atoms with Crippen molar-refractivity contribution in [2.24, 2.45) is 5.92 Å². The minimum absolute atomic E-state index is 0.165. The van der Waals surface area contributed by atoms with Crippen LogP contribution in [-0.4, -0.2) is 50.9 Å². The maximum absolute atomic E-state index is 12.8. The van der Waals surface area contributed by atoms with Gasteiger partial charge in [0.25, 0.3) is 11.8 Å². The number of carbonyl (C=O) groups is 1. The van der Waals surface area contributed by atoms with Gasteiger partial charge in [-0.05, 0) is 50.5 Å². The summed E-state index contributed by atoms with van der Waals surface area (Å²) in [5, 5.41) is 15.6. The van der Waals surface area contributed by atoms with Gasteiger partial charge in [0.05, 0.1) is 12.3 Å². The van der Waals surface area contributed by atoms with Crippen LogP contribution >= 0.6 is 0 Å². The lowest BCUT2D eigenvalue weighted by atomic mass is 10.1. The fourth-order valence-corrected chi connectivity index (χ4v) is 3.66. The van der Waals surface area contributed by atoms with E-state index in [1.165, 1.54) is 0 Å². The third-order valence-corrected chi connectivity index (χ3v) is 5.06. The number of carbonyl (C=O) groups excluding carboxylic acids is 1. The number of nitrogens with one attached hydrogen (secondary N) is 1. The van der Waals surface area contributed by atoms with Gasteiger partial charge in [-0.3, -0.25) is 4.79 Å². The molecule has 1 aliphatic rings. The van der Waals surface area contributed by atoms with Crippen LogP contribution in [0, 0.1) is 12.8 Å². The predicted octanol–water partition coefficient (Wildman–Crippen LogP) is 3.31. The van der Waals surface area contributed by atoms with E-state index in [0.717, 1.165) is 17.8 Å². The van der Waals surface area contributed by atoms with Crippen LogP contribution in [-0.2, 0) is 15.9 Å². The summed E-state index contributed by atoms with van der Waals surface area (Å²) in [6, 6.07) is 9.33. The first-order valence-corrected chi connectivity index (χ1v) is 10.8. The van der Waals surface area contributed by atoms with Crippen LogP contribution in [0.15, 0.2) is 34.7 Å². The van der Waals surface area contributed by atoms with E-state index in [-0.39, 0.29) is 12.0 Å². The number of nitrogens with zero attached hydrogens (tertiary/aromatic N) is 4. The molecule has 170 valence electrons. The molecule has 0 bridgehead atoms. The van der Waals surface area contributed by atoms with Crippen LogP contribution in [0.4, 0.5) is 0 Å². The van der Waals surface area contributed by atoms with Crippen LogP contribution in [0.5, 0.6) is 0 Å². The highest BCUT2D eigenvalue weighted by Gasteiger charge is 2.32. The van der Waals surface area contributed by atoms with Gasteiger partial charge in [-0.25, -0.2) is 4.68 Å². The zero-order chi connectivity index (χ0) is 22.9. The van der Waals surface area contributed by atoms with Crippen LogP contribution in [0.25, 0.3) is 17.3 Å². The molecule has 32 heavy (non-hydrogen) atoms. The van der Waals surface area contributed by atoms with Crippen molar-refractivity contribution >= 4 is 5.91 Å². The van der Waals surface area contributed by atoms with E-state index in [1.54, 1.807) is 13.0 Å². The van der Waals surface area contributed by atoms with Gasteiger partial charge in [-0.1, -0.05) is 19.9 Å². The standard InChI is InChI=1S/C23H29N5O4/c1-14(2)9-18-11-20(22-26-25-15(3)31-22)27-28(18)17-8-6-7-16(10-17)21(29)24-12-19-13-30-23(4,5)32-19/h6-8,10-11,14,19H,9,12-13H2,1-5H3,(H,24,29)/t19-/m0/s1. The molecular formula is C23H29N5O4. The first kappa shape index (κ1) is 22.2. The number of ether oxygens (including phenoxy) is 2. The first-order valence-electron chi connectivity index (χ1n) is 10.8. The Bertz CT molecular complexity index is 1100. The molecule has 0 unspecified atom stereocenters. The molecule has 3 heterocycles. The number of hydrogen-bond acceptors (Lipinski definition) is 7. The average Bonchev–Trinajstić information content (AvgIpc) is 3.44. The summed E-state index contributed by atoms with van der Waals surface area (Å²) in [6.45, 7) is 10.6. The lowest BCUT2D eigenvalue weighted by Gasteiger charge is -2.17. The van der Waals surface area contributed by atoms with E-state index in [4.69, 9.17) is 19.0 Å². The van der Waals surface area contributed by atoms with Crippen LogP contribution in [0.3, 0.4) is 0 Å². The van der Waals surface area contributed by atoms with E-state index in [9.17, 15) is 4.79 Å². The Morgan fingerprint density at radius 3 is 2.75 bits per heavy atom. The molecule has 1 saturated heterocycles. The van der Waals surface area contributed by atoms with E-state index in [1.807, 2.05) is 42.8 Å². The van der Waals surface area contributed by atoms with E-state index >= 15 is 0 Å². The average molecular weight is 440 g/mol. The number of aryl methyl sites for hydroxylation is 1. The predicted molar refractivity (Wildman–Crippen MR) is 117 cm³/mol. The van der Waals surface area contributed by atoms with Crippen LogP contribution in [0.2, 0.25) is 0 Å². The molecule has 0 radical (unpaired) electrons. The van der Waals surface area contributed by atoms with Crippen molar-refractivity contribution in [1.29, 1.82) is 0 Å². The van der Waals surface area contributed by atoms with Gasteiger partial charge in [0.15, 0.2) is 5.79 Å². The maximum atomic E-state index is 12.8. The van der Waals surface area contributed by atoms with Gasteiger partial charge < -0.3 is 19.2 Å². The number of hydrogen-bond donors (Lipinski definition) is 1. The highest BCUT2D eigenvalue weighted by molar-refractivity contribution is 5.94. The Morgan fingerprint density at radius 1 is 1.28 bits per heavy atom. The first-order chi connectivity index (χ1) is 15.2. The molecule has 3 aromatic rings. The minimum Gasteiger partial charge on any atom is -0.420 e. The monoisotopic (exact) mass is 439 g/mol. The van der Waals surface area contributed by atoms with Crippen molar-refractivity contribution in [3.8, 4) is 17.3 Å². The number of aromatic nitrogens is 4. The molecule has 9 nitrogen and oxygen atoms in total. The molecule has 4 rings (SSSR count). The highest BCUT2D eigenvalue weighted by Crippen LogP contribution is 2.24. The van der Waals surface area contributed by atoms with Gasteiger partial charge in [-0.15, -0.1) is 10.2 Å². The topological polar surface area (TPSA) is 104 Å². The van der Waals surface area contributed by atoms with Crippen molar-refractivity contribution < 1.29 is 18.7 Å². The van der Waals surface area contributed by atoms with Crippen molar-refractivity contribution in [3.63, 3.8) is 0 Å². The fraction of sp³-hybridized carbons (Fsp3) is 0.478. The summed E-state index contributed by atoms with van der Waals surface area (Å²) in [5.41, 5.74) is 2.94. The Labute approximate surface area is 187 Å². The summed E-state index contributed by atoms with van der Waals surface area (Å²) in [7, 11) is 0. The molecule has 1 amide bonds. The molecule has 0 saturated carbocycles. The fourth-order valence-electron chi connectivity index (χ4n) is 3.66. The van der Waals surface area contributed by atoms with Gasteiger partial charge in [0.2, 0.25) is 5.89 Å². The van der Waals surface area contributed by atoms with E-state index < -0.39 is 5.79 Å². The van der Waals surface area contributed by atoms with Gasteiger partial charge in [0.1, 0.15) is 11.8 Å². The summed E-state index contributed by atoms with van der Waals surface area (Å²) in [4.78, 5) is 12.8. The third kappa shape index (κ3) is 5.05. The van der Waals surface area contributed by atoms with Crippen LogP contribution in [0.1, 0.15) is 49.6 Å². The Morgan fingerprint density at radius 2 is 2.09 bits per heavy atom. The van der Waals surface area contributed by atoms with Crippen molar-refractivity contribution in [3.05, 3.63) is 47.5 Å². The largest absolute Gasteiger partial charge is 0.420 e. The molecule has 1 N–H and O–H groups in total. The zero-order valence-corrected chi connectivity index (χ0v) is 19.1. The molecular weight excluding hydrogens is 410 g/mol. The molecule has 9 heteroatoms. The van der Waals surface area contributed by atoms with Gasteiger partial charge in [0, 0.05) is 24.7 Å². The number of rotatable bonds is 7. The Hall–Kier alpha value is -3.04. The zero-order valence-electron chi connectivity index (χ0n) is 19.1. The Kier molecular flexibility index (Phi) is 6.12. The molecule has 0 aliphatic carbocycles. The summed E-state index contributed by atoms with van der Waals surface area (Å²) in [6.07, 6.45) is 0.645. The second-order valence-electron chi connectivity index (χ2n) is 8.87. The third-order valence-electron chi connectivity index (χ3n) is 5.06. The van der Waals surface area contributed by atoms with Crippen LogP contribution < -0.4 is 5.32 Å². The summed E-state index contributed by atoms with van der Waals surface area (Å²) >= 11 is 0. The second-order valence-corrected chi connectivity index (χ2v) is 8.87. The Balaban J connectivity index is 1.55. The summed E-state index contributed by atoms with van der Waals surface area (Å²) < 4.78 is 18.7.